The SMILES string of the molecule is CNC(=O)c1c(NC(=O)c2ccc(S(=O)(=O)N3CC(C)OC(C)C3)cc2)sc2c1CCN(C(C)=O)C2. The first kappa shape index (κ1) is 26.3. The minimum absolute atomic E-state index is 0.0443. The van der Waals surface area contributed by atoms with Crippen molar-refractivity contribution < 1.29 is 27.5 Å². The van der Waals surface area contributed by atoms with Gasteiger partial charge in [-0.2, -0.15) is 4.31 Å². The number of carbonyl (C=O) groups is 3. The molecule has 1 aromatic carbocycles. The molecule has 3 heterocycles. The molecular formula is C24H30N4O6S2. The van der Waals surface area contributed by atoms with Crippen LogP contribution in [0.5, 0.6) is 0 Å². The topological polar surface area (TPSA) is 125 Å². The predicted molar refractivity (Wildman–Crippen MR) is 136 cm³/mol. The van der Waals surface area contributed by atoms with Gasteiger partial charge in [-0.1, -0.05) is 0 Å². The van der Waals surface area contributed by atoms with E-state index in [1.165, 1.54) is 53.9 Å². The van der Waals surface area contributed by atoms with Crippen molar-refractivity contribution in [3.05, 3.63) is 45.8 Å². The largest absolute Gasteiger partial charge is 0.373 e. The fraction of sp³-hybridized carbons (Fsp3) is 0.458. The van der Waals surface area contributed by atoms with Gasteiger partial charge in [0.05, 0.1) is 29.2 Å². The van der Waals surface area contributed by atoms with E-state index in [1.54, 1.807) is 4.90 Å². The van der Waals surface area contributed by atoms with E-state index in [2.05, 4.69) is 10.6 Å². The number of benzene rings is 1. The maximum atomic E-state index is 13.1. The summed E-state index contributed by atoms with van der Waals surface area (Å²) in [5, 5.41) is 5.84. The number of morpholine rings is 1. The molecule has 1 fully saturated rings. The Bertz CT molecular complexity index is 1280. The second-order valence-corrected chi connectivity index (χ2v) is 12.1. The van der Waals surface area contributed by atoms with Crippen molar-refractivity contribution in [2.24, 2.45) is 0 Å². The molecule has 3 amide bonds. The average molecular weight is 535 g/mol. The molecular weight excluding hydrogens is 504 g/mol. The number of anilines is 1. The standard InChI is InChI=1S/C24H30N4O6S2/c1-14-11-28(12-15(2)34-14)36(32,33)18-7-5-17(6-8-18)22(30)26-24-21(23(31)25-4)19-9-10-27(16(3)29)13-20(19)35-24/h5-8,14-15H,9-13H2,1-4H3,(H,25,31)(H,26,30). The Morgan fingerprint density at radius 3 is 2.28 bits per heavy atom. The molecule has 10 nitrogen and oxygen atoms in total. The second-order valence-electron chi connectivity index (χ2n) is 9.04. The number of sulfonamides is 1. The first-order valence-electron chi connectivity index (χ1n) is 11.7. The van der Waals surface area contributed by atoms with Gasteiger partial charge in [0.1, 0.15) is 5.00 Å². The Kier molecular flexibility index (Phi) is 7.51. The molecule has 1 aromatic heterocycles. The van der Waals surface area contributed by atoms with Crippen molar-refractivity contribution in [3.63, 3.8) is 0 Å². The van der Waals surface area contributed by atoms with Crippen LogP contribution < -0.4 is 10.6 Å². The quantitative estimate of drug-likeness (QED) is 0.605. The van der Waals surface area contributed by atoms with Gasteiger partial charge < -0.3 is 20.3 Å². The molecule has 12 heteroatoms. The lowest BCUT2D eigenvalue weighted by Crippen LogP contribution is -2.48. The number of thiophene rings is 1. The summed E-state index contributed by atoms with van der Waals surface area (Å²) in [6.45, 7) is 6.60. The summed E-state index contributed by atoms with van der Waals surface area (Å²) in [5.41, 5.74) is 1.50. The zero-order chi connectivity index (χ0) is 26.2. The summed E-state index contributed by atoms with van der Waals surface area (Å²) in [5.74, 6) is -0.814. The van der Waals surface area contributed by atoms with Crippen LogP contribution in [0, 0.1) is 0 Å². The zero-order valence-electron chi connectivity index (χ0n) is 20.7. The summed E-state index contributed by atoms with van der Waals surface area (Å²) in [7, 11) is -2.20. The Labute approximate surface area is 214 Å². The molecule has 2 aliphatic heterocycles. The molecule has 2 N–H and O–H groups in total. The molecule has 0 spiro atoms. The third-order valence-corrected chi connectivity index (χ3v) is 9.30. The van der Waals surface area contributed by atoms with E-state index in [-0.39, 0.29) is 47.6 Å². The fourth-order valence-corrected chi connectivity index (χ4v) is 7.40. The number of hydrogen-bond acceptors (Lipinski definition) is 7. The first-order valence-corrected chi connectivity index (χ1v) is 14.0. The maximum absolute atomic E-state index is 13.1. The lowest BCUT2D eigenvalue weighted by atomic mass is 10.0. The summed E-state index contributed by atoms with van der Waals surface area (Å²) >= 11 is 1.28. The van der Waals surface area contributed by atoms with Crippen molar-refractivity contribution >= 4 is 44.1 Å². The van der Waals surface area contributed by atoms with Gasteiger partial charge >= 0.3 is 0 Å². The van der Waals surface area contributed by atoms with Gasteiger partial charge in [-0.3, -0.25) is 14.4 Å². The van der Waals surface area contributed by atoms with E-state index < -0.39 is 15.9 Å². The van der Waals surface area contributed by atoms with Gasteiger partial charge in [0.25, 0.3) is 11.8 Å². The van der Waals surface area contributed by atoms with Crippen LogP contribution in [0.4, 0.5) is 5.00 Å². The third kappa shape index (κ3) is 5.17. The van der Waals surface area contributed by atoms with Crippen molar-refractivity contribution in [2.45, 2.75) is 50.8 Å². The van der Waals surface area contributed by atoms with Gasteiger partial charge in [-0.15, -0.1) is 11.3 Å². The molecule has 194 valence electrons. The minimum atomic E-state index is -3.73. The van der Waals surface area contributed by atoms with E-state index >= 15 is 0 Å². The molecule has 4 rings (SSSR count). The van der Waals surface area contributed by atoms with Gasteiger partial charge in [-0.05, 0) is 50.1 Å². The van der Waals surface area contributed by atoms with Gasteiger partial charge in [0, 0.05) is 44.0 Å². The molecule has 0 radical (unpaired) electrons. The number of nitrogens with one attached hydrogen (secondary N) is 2. The number of nitrogens with zero attached hydrogens (tertiary/aromatic N) is 2. The molecule has 2 aliphatic rings. The predicted octanol–water partition coefficient (Wildman–Crippen LogP) is 2.06. The van der Waals surface area contributed by atoms with Crippen LogP contribution in [0.25, 0.3) is 0 Å². The summed E-state index contributed by atoms with van der Waals surface area (Å²) in [6.07, 6.45) is 0.111. The maximum Gasteiger partial charge on any atom is 0.256 e. The molecule has 0 aliphatic carbocycles. The number of hydrogen-bond donors (Lipinski definition) is 2. The third-order valence-electron chi connectivity index (χ3n) is 6.32. The molecule has 1 saturated heterocycles. The second kappa shape index (κ2) is 10.3. The number of ether oxygens (including phenoxy) is 1. The van der Waals surface area contributed by atoms with Crippen LogP contribution in [0.1, 0.15) is 51.9 Å². The summed E-state index contributed by atoms with van der Waals surface area (Å²) in [6, 6.07) is 5.75. The van der Waals surface area contributed by atoms with E-state index in [4.69, 9.17) is 4.74 Å². The van der Waals surface area contributed by atoms with Gasteiger partial charge in [0.2, 0.25) is 15.9 Å². The van der Waals surface area contributed by atoms with Crippen LogP contribution in [0.15, 0.2) is 29.2 Å². The van der Waals surface area contributed by atoms with Gasteiger partial charge in [-0.25, -0.2) is 8.42 Å². The van der Waals surface area contributed by atoms with Crippen LogP contribution in [0.2, 0.25) is 0 Å². The zero-order valence-corrected chi connectivity index (χ0v) is 22.3. The average Bonchev–Trinajstić information content (AvgIpc) is 3.19. The van der Waals surface area contributed by atoms with Crippen LogP contribution in [-0.4, -0.2) is 74.2 Å². The van der Waals surface area contributed by atoms with E-state index in [9.17, 15) is 22.8 Å². The normalized spacial score (nSPS) is 20.5. The Hall–Kier alpha value is -2.80. The molecule has 2 atom stereocenters. The van der Waals surface area contributed by atoms with Crippen LogP contribution >= 0.6 is 11.3 Å². The highest BCUT2D eigenvalue weighted by molar-refractivity contribution is 7.89. The molecule has 2 aromatic rings. The van der Waals surface area contributed by atoms with Crippen LogP contribution in [-0.2, 0) is 32.5 Å². The molecule has 36 heavy (non-hydrogen) atoms. The smallest absolute Gasteiger partial charge is 0.256 e. The number of fused-ring (bicyclic) bond motifs is 1. The van der Waals surface area contributed by atoms with Crippen molar-refractivity contribution in [2.75, 3.05) is 32.0 Å². The summed E-state index contributed by atoms with van der Waals surface area (Å²) in [4.78, 5) is 40.1. The minimum Gasteiger partial charge on any atom is -0.373 e. The van der Waals surface area contributed by atoms with Crippen LogP contribution in [0.3, 0.4) is 0 Å². The number of amides is 3. The molecule has 2 unspecified atom stereocenters. The molecule has 0 saturated carbocycles. The highest BCUT2D eigenvalue weighted by Crippen LogP contribution is 2.37. The van der Waals surface area contributed by atoms with E-state index in [0.29, 0.717) is 30.1 Å². The monoisotopic (exact) mass is 534 g/mol. The highest BCUT2D eigenvalue weighted by Gasteiger charge is 2.33. The Morgan fingerprint density at radius 2 is 1.69 bits per heavy atom. The Balaban J connectivity index is 1.55. The first-order chi connectivity index (χ1) is 17.0. The van der Waals surface area contributed by atoms with Crippen molar-refractivity contribution in [3.8, 4) is 0 Å². The number of rotatable bonds is 5. The summed E-state index contributed by atoms with van der Waals surface area (Å²) < 4.78 is 33.2. The molecule has 0 bridgehead atoms. The lowest BCUT2D eigenvalue weighted by Gasteiger charge is -2.34. The number of carbonyl (C=O) groups excluding carboxylic acids is 3. The van der Waals surface area contributed by atoms with Crippen molar-refractivity contribution in [1.82, 2.24) is 14.5 Å². The van der Waals surface area contributed by atoms with Crippen molar-refractivity contribution in [1.29, 1.82) is 0 Å². The van der Waals surface area contributed by atoms with E-state index in [1.807, 2.05) is 13.8 Å². The Morgan fingerprint density at radius 1 is 1.06 bits per heavy atom. The fourth-order valence-electron chi connectivity index (χ4n) is 4.56. The highest BCUT2D eigenvalue weighted by atomic mass is 32.2. The van der Waals surface area contributed by atoms with Gasteiger partial charge in [0.15, 0.2) is 0 Å². The lowest BCUT2D eigenvalue weighted by molar-refractivity contribution is -0.129. The van der Waals surface area contributed by atoms with E-state index in [0.717, 1.165) is 10.4 Å².